The third kappa shape index (κ3) is 4.62. The van der Waals surface area contributed by atoms with Gasteiger partial charge in [-0.1, -0.05) is 25.4 Å². The number of hydrogen-bond acceptors (Lipinski definition) is 7. The molecule has 0 saturated carbocycles. The van der Waals surface area contributed by atoms with Gasteiger partial charge in [0.25, 0.3) is 0 Å². The fourth-order valence-corrected chi connectivity index (χ4v) is 5.68. The standard InChI is InChI=1S/C27H31BrClN5O4/c1-14(2)21-22(15(3)7-8-30-21)34-18-11-17(28)20(29)23-19(18)24(31-25(34)35)33-10-9-32(12-16(33)13-37-23)26(36)38-27(4,5)6/h7-8,11,14,16H,9-10,12-13H2,1-6H3/t16-/m0/s1. The number of halogens is 2. The van der Waals surface area contributed by atoms with Crippen molar-refractivity contribution in [1.82, 2.24) is 19.4 Å². The van der Waals surface area contributed by atoms with E-state index >= 15 is 0 Å². The van der Waals surface area contributed by atoms with Gasteiger partial charge in [0, 0.05) is 30.3 Å². The zero-order valence-electron chi connectivity index (χ0n) is 22.3. The van der Waals surface area contributed by atoms with Crippen LogP contribution in [0.1, 0.15) is 51.8 Å². The normalized spacial score (nSPS) is 17.3. The van der Waals surface area contributed by atoms with Gasteiger partial charge in [0.15, 0.2) is 5.75 Å². The molecule has 2 aromatic heterocycles. The molecule has 0 unspecified atom stereocenters. The van der Waals surface area contributed by atoms with Crippen molar-refractivity contribution < 1.29 is 14.3 Å². The number of anilines is 1. The lowest BCUT2D eigenvalue weighted by molar-refractivity contribution is 0.0202. The van der Waals surface area contributed by atoms with Crippen molar-refractivity contribution in [3.63, 3.8) is 0 Å². The van der Waals surface area contributed by atoms with Gasteiger partial charge in [0.1, 0.15) is 18.0 Å². The number of rotatable bonds is 2. The van der Waals surface area contributed by atoms with E-state index in [1.165, 1.54) is 0 Å². The fourth-order valence-electron chi connectivity index (χ4n) is 5.08. The lowest BCUT2D eigenvalue weighted by Crippen LogP contribution is -2.57. The van der Waals surface area contributed by atoms with Crippen molar-refractivity contribution in [1.29, 1.82) is 0 Å². The van der Waals surface area contributed by atoms with Crippen molar-refractivity contribution in [2.75, 3.05) is 31.1 Å². The largest absolute Gasteiger partial charge is 0.489 e. The van der Waals surface area contributed by atoms with E-state index in [1.807, 2.05) is 53.7 Å². The molecule has 1 fully saturated rings. The summed E-state index contributed by atoms with van der Waals surface area (Å²) in [4.78, 5) is 39.5. The van der Waals surface area contributed by atoms with Crippen molar-refractivity contribution in [3.05, 3.63) is 49.6 Å². The van der Waals surface area contributed by atoms with Crippen LogP contribution in [-0.4, -0.2) is 63.4 Å². The van der Waals surface area contributed by atoms with Gasteiger partial charge in [-0.05, 0) is 67.2 Å². The SMILES string of the molecule is Cc1ccnc(C(C)C)c1-n1c(=O)nc2c3c(c(Cl)c(Br)cc31)OC[C@@H]1CN(C(=O)OC(C)(C)C)CCN21. The molecule has 4 heterocycles. The van der Waals surface area contributed by atoms with Gasteiger partial charge < -0.3 is 19.3 Å². The molecule has 2 aliphatic heterocycles. The first-order chi connectivity index (χ1) is 17.9. The number of ether oxygens (including phenoxy) is 2. The van der Waals surface area contributed by atoms with Crippen LogP contribution in [0.3, 0.4) is 0 Å². The molecule has 202 valence electrons. The van der Waals surface area contributed by atoms with Crippen molar-refractivity contribution >= 4 is 50.3 Å². The maximum absolute atomic E-state index is 13.8. The highest BCUT2D eigenvalue weighted by Crippen LogP contribution is 2.45. The van der Waals surface area contributed by atoms with E-state index in [9.17, 15) is 9.59 Å². The summed E-state index contributed by atoms with van der Waals surface area (Å²) in [5, 5.41) is 1.06. The van der Waals surface area contributed by atoms with Gasteiger partial charge in [-0.25, -0.2) is 9.59 Å². The van der Waals surface area contributed by atoms with E-state index in [-0.39, 0.29) is 24.7 Å². The first-order valence-corrected chi connectivity index (χ1v) is 13.8. The molecule has 38 heavy (non-hydrogen) atoms. The number of carbonyl (C=O) groups excluding carboxylic acids is 1. The summed E-state index contributed by atoms with van der Waals surface area (Å²) in [6.45, 7) is 13.1. The highest BCUT2D eigenvalue weighted by molar-refractivity contribution is 9.10. The Balaban J connectivity index is 1.69. The quantitative estimate of drug-likeness (QED) is 0.384. The predicted octanol–water partition coefficient (Wildman–Crippen LogP) is 5.45. The Kier molecular flexibility index (Phi) is 6.84. The maximum Gasteiger partial charge on any atom is 0.410 e. The third-order valence-corrected chi connectivity index (χ3v) is 7.99. The molecule has 1 atom stereocenters. The molecule has 0 radical (unpaired) electrons. The molecule has 0 spiro atoms. The van der Waals surface area contributed by atoms with Crippen LogP contribution in [0.15, 0.2) is 27.6 Å². The van der Waals surface area contributed by atoms with Crippen LogP contribution in [0.4, 0.5) is 10.6 Å². The second-order valence-electron chi connectivity index (χ2n) is 11.0. The summed E-state index contributed by atoms with van der Waals surface area (Å²) >= 11 is 10.3. The third-order valence-electron chi connectivity index (χ3n) is 6.76. The minimum atomic E-state index is -0.596. The minimum Gasteiger partial charge on any atom is -0.489 e. The topological polar surface area (TPSA) is 89.8 Å². The molecular weight excluding hydrogens is 574 g/mol. The summed E-state index contributed by atoms with van der Waals surface area (Å²) in [7, 11) is 0. The Bertz CT molecular complexity index is 1500. The minimum absolute atomic E-state index is 0.0824. The first-order valence-electron chi connectivity index (χ1n) is 12.7. The Labute approximate surface area is 234 Å². The summed E-state index contributed by atoms with van der Waals surface area (Å²) in [6.07, 6.45) is 1.38. The van der Waals surface area contributed by atoms with Gasteiger partial charge >= 0.3 is 11.8 Å². The van der Waals surface area contributed by atoms with E-state index in [1.54, 1.807) is 15.7 Å². The van der Waals surface area contributed by atoms with Crippen LogP contribution >= 0.6 is 27.5 Å². The number of nitrogens with zero attached hydrogens (tertiary/aromatic N) is 5. The van der Waals surface area contributed by atoms with Crippen LogP contribution in [0.2, 0.25) is 5.02 Å². The number of fused-ring (bicyclic) bond motifs is 2. The Morgan fingerprint density at radius 2 is 2.03 bits per heavy atom. The smallest absolute Gasteiger partial charge is 0.410 e. The number of aryl methyl sites for hydroxylation is 1. The van der Waals surface area contributed by atoms with E-state index in [2.05, 4.69) is 30.8 Å². The van der Waals surface area contributed by atoms with Crippen molar-refractivity contribution in [3.8, 4) is 11.4 Å². The summed E-state index contributed by atoms with van der Waals surface area (Å²) in [5.74, 6) is 1.04. The number of carbonyl (C=O) groups is 1. The molecule has 11 heteroatoms. The number of hydrogen-bond donors (Lipinski definition) is 0. The fraction of sp³-hybridized carbons (Fsp3) is 0.481. The lowest BCUT2D eigenvalue weighted by Gasteiger charge is -2.41. The summed E-state index contributed by atoms with van der Waals surface area (Å²) in [6, 6.07) is 3.49. The number of aromatic nitrogens is 3. The average Bonchev–Trinajstić information content (AvgIpc) is 2.99. The first kappa shape index (κ1) is 26.7. The van der Waals surface area contributed by atoms with E-state index in [4.69, 9.17) is 21.1 Å². The predicted molar refractivity (Wildman–Crippen MR) is 151 cm³/mol. The zero-order valence-corrected chi connectivity index (χ0v) is 24.7. The van der Waals surface area contributed by atoms with Gasteiger partial charge in [0.05, 0.1) is 33.3 Å². The van der Waals surface area contributed by atoms with E-state index in [0.29, 0.717) is 57.3 Å². The maximum atomic E-state index is 13.8. The Morgan fingerprint density at radius 1 is 1.29 bits per heavy atom. The molecule has 0 N–H and O–H groups in total. The number of benzene rings is 1. The average molecular weight is 605 g/mol. The van der Waals surface area contributed by atoms with Crippen molar-refractivity contribution in [2.45, 2.75) is 59.1 Å². The molecule has 2 aliphatic rings. The molecule has 3 aromatic rings. The molecule has 1 aromatic carbocycles. The number of amides is 1. The lowest BCUT2D eigenvalue weighted by atomic mass is 10.0. The molecular formula is C27H31BrClN5O4. The summed E-state index contributed by atoms with van der Waals surface area (Å²) in [5.41, 5.74) is 2.04. The molecule has 0 bridgehead atoms. The van der Waals surface area contributed by atoms with E-state index in [0.717, 1.165) is 11.3 Å². The molecule has 9 nitrogen and oxygen atoms in total. The monoisotopic (exact) mass is 603 g/mol. The molecule has 1 amide bonds. The molecule has 0 aliphatic carbocycles. The molecule has 1 saturated heterocycles. The number of piperazine rings is 1. The molecule has 5 rings (SSSR count). The van der Waals surface area contributed by atoms with Crippen LogP contribution in [0, 0.1) is 6.92 Å². The van der Waals surface area contributed by atoms with Gasteiger partial charge in [-0.3, -0.25) is 9.55 Å². The van der Waals surface area contributed by atoms with Crippen LogP contribution < -0.4 is 15.3 Å². The Hall–Kier alpha value is -2.85. The van der Waals surface area contributed by atoms with Crippen LogP contribution in [-0.2, 0) is 4.74 Å². The highest BCUT2D eigenvalue weighted by atomic mass is 79.9. The second-order valence-corrected chi connectivity index (χ2v) is 12.3. The highest BCUT2D eigenvalue weighted by Gasteiger charge is 2.38. The van der Waals surface area contributed by atoms with Crippen molar-refractivity contribution in [2.24, 2.45) is 0 Å². The van der Waals surface area contributed by atoms with E-state index < -0.39 is 11.3 Å². The Morgan fingerprint density at radius 3 is 2.71 bits per heavy atom. The second kappa shape index (κ2) is 9.72. The van der Waals surface area contributed by atoms with Gasteiger partial charge in [0.2, 0.25) is 0 Å². The van der Waals surface area contributed by atoms with Crippen LogP contribution in [0.5, 0.6) is 5.75 Å². The van der Waals surface area contributed by atoms with Crippen LogP contribution in [0.25, 0.3) is 16.6 Å². The number of pyridine rings is 1. The zero-order chi connectivity index (χ0) is 27.5. The van der Waals surface area contributed by atoms with Gasteiger partial charge in [-0.2, -0.15) is 4.98 Å². The van der Waals surface area contributed by atoms with Gasteiger partial charge in [-0.15, -0.1) is 0 Å². The summed E-state index contributed by atoms with van der Waals surface area (Å²) < 4.78 is 14.1.